The molecule has 0 radical (unpaired) electrons. The molecule has 0 bridgehead atoms. The van der Waals surface area contributed by atoms with Crippen molar-refractivity contribution in [1.29, 1.82) is 0 Å². The fourth-order valence-corrected chi connectivity index (χ4v) is 3.78. The first kappa shape index (κ1) is 19.8. The van der Waals surface area contributed by atoms with Crippen LogP contribution in [-0.4, -0.2) is 17.5 Å². The van der Waals surface area contributed by atoms with E-state index in [4.69, 9.17) is 9.15 Å². The standard InChI is InChI=1S/C27H22N2O3/c1-17-7-11-23(18(2)13-17)27-29-24-15-21(9-12-25(24)32-27)28-26(30)16-31-22-10-8-19-5-3-4-6-20(19)14-22/h3-15H,16H2,1-2H3,(H,28,30). The minimum Gasteiger partial charge on any atom is -0.484 e. The van der Waals surface area contributed by atoms with E-state index in [0.717, 1.165) is 21.9 Å². The van der Waals surface area contributed by atoms with Crippen LogP contribution in [0.25, 0.3) is 33.3 Å². The molecule has 0 aliphatic heterocycles. The predicted molar refractivity (Wildman–Crippen MR) is 127 cm³/mol. The Labute approximate surface area is 185 Å². The summed E-state index contributed by atoms with van der Waals surface area (Å²) in [5.74, 6) is 0.986. The van der Waals surface area contributed by atoms with Gasteiger partial charge in [-0.15, -0.1) is 0 Å². The Hall–Kier alpha value is -4.12. The molecule has 5 heteroatoms. The van der Waals surface area contributed by atoms with Crippen molar-refractivity contribution in [1.82, 2.24) is 4.98 Å². The molecule has 0 aliphatic rings. The number of hydrogen-bond donors (Lipinski definition) is 1. The van der Waals surface area contributed by atoms with Crippen LogP contribution >= 0.6 is 0 Å². The topological polar surface area (TPSA) is 64.4 Å². The fraction of sp³-hybridized carbons (Fsp3) is 0.111. The Balaban J connectivity index is 1.28. The summed E-state index contributed by atoms with van der Waals surface area (Å²) in [7, 11) is 0. The van der Waals surface area contributed by atoms with Gasteiger partial charge in [0.05, 0.1) is 0 Å². The molecule has 1 N–H and O–H groups in total. The molecule has 0 atom stereocenters. The van der Waals surface area contributed by atoms with Crippen molar-refractivity contribution in [2.45, 2.75) is 13.8 Å². The molecule has 32 heavy (non-hydrogen) atoms. The Morgan fingerprint density at radius 2 is 1.78 bits per heavy atom. The van der Waals surface area contributed by atoms with E-state index in [1.165, 1.54) is 5.56 Å². The van der Waals surface area contributed by atoms with Gasteiger partial charge in [0.25, 0.3) is 5.91 Å². The number of benzene rings is 4. The molecule has 1 heterocycles. The largest absolute Gasteiger partial charge is 0.484 e. The summed E-state index contributed by atoms with van der Waals surface area (Å²) in [4.78, 5) is 17.0. The van der Waals surface area contributed by atoms with Crippen LogP contribution in [0.5, 0.6) is 5.75 Å². The Kier molecular flexibility index (Phi) is 5.07. The van der Waals surface area contributed by atoms with E-state index in [0.29, 0.717) is 28.4 Å². The van der Waals surface area contributed by atoms with Gasteiger partial charge in [-0.25, -0.2) is 4.98 Å². The van der Waals surface area contributed by atoms with Crippen LogP contribution in [0, 0.1) is 13.8 Å². The third-order valence-electron chi connectivity index (χ3n) is 5.37. The summed E-state index contributed by atoms with van der Waals surface area (Å²) < 4.78 is 11.6. The average molecular weight is 422 g/mol. The molecule has 0 fully saturated rings. The zero-order chi connectivity index (χ0) is 22.1. The summed E-state index contributed by atoms with van der Waals surface area (Å²) in [5.41, 5.74) is 5.26. The number of hydrogen-bond acceptors (Lipinski definition) is 4. The van der Waals surface area contributed by atoms with E-state index in [1.807, 2.05) is 67.6 Å². The van der Waals surface area contributed by atoms with Crippen molar-refractivity contribution in [2.24, 2.45) is 0 Å². The summed E-state index contributed by atoms with van der Waals surface area (Å²) in [6, 6.07) is 25.4. The van der Waals surface area contributed by atoms with Crippen LogP contribution in [0.2, 0.25) is 0 Å². The van der Waals surface area contributed by atoms with Crippen molar-refractivity contribution < 1.29 is 13.9 Å². The van der Waals surface area contributed by atoms with Gasteiger partial charge in [0.15, 0.2) is 12.2 Å². The lowest BCUT2D eigenvalue weighted by atomic mass is 10.1. The number of rotatable bonds is 5. The molecule has 5 rings (SSSR count). The van der Waals surface area contributed by atoms with E-state index in [9.17, 15) is 4.79 Å². The summed E-state index contributed by atoms with van der Waals surface area (Å²) >= 11 is 0. The average Bonchev–Trinajstić information content (AvgIpc) is 3.20. The number of aromatic nitrogens is 1. The fourth-order valence-electron chi connectivity index (χ4n) is 3.78. The lowest BCUT2D eigenvalue weighted by molar-refractivity contribution is -0.118. The third-order valence-corrected chi connectivity index (χ3v) is 5.37. The molecule has 0 aliphatic carbocycles. The summed E-state index contributed by atoms with van der Waals surface area (Å²) in [6.45, 7) is 4.02. The van der Waals surface area contributed by atoms with Gasteiger partial charge in [0.2, 0.25) is 5.89 Å². The molecule has 1 aromatic heterocycles. The van der Waals surface area contributed by atoms with Crippen molar-refractivity contribution in [3.63, 3.8) is 0 Å². The zero-order valence-corrected chi connectivity index (χ0v) is 17.9. The predicted octanol–water partition coefficient (Wildman–Crippen LogP) is 6.28. The monoisotopic (exact) mass is 422 g/mol. The first-order valence-corrected chi connectivity index (χ1v) is 10.4. The van der Waals surface area contributed by atoms with Crippen LogP contribution in [-0.2, 0) is 4.79 Å². The molecule has 0 saturated heterocycles. The Morgan fingerprint density at radius 3 is 2.62 bits per heavy atom. The van der Waals surface area contributed by atoms with Gasteiger partial charge >= 0.3 is 0 Å². The van der Waals surface area contributed by atoms with Crippen LogP contribution in [0.15, 0.2) is 83.3 Å². The van der Waals surface area contributed by atoms with Crippen LogP contribution < -0.4 is 10.1 Å². The Morgan fingerprint density at radius 1 is 0.938 bits per heavy atom. The highest BCUT2D eigenvalue weighted by Gasteiger charge is 2.12. The minimum atomic E-state index is -0.240. The van der Waals surface area contributed by atoms with E-state index < -0.39 is 0 Å². The van der Waals surface area contributed by atoms with Gasteiger partial charge in [-0.2, -0.15) is 0 Å². The molecule has 5 nitrogen and oxygen atoms in total. The van der Waals surface area contributed by atoms with Crippen molar-refractivity contribution >= 4 is 33.5 Å². The van der Waals surface area contributed by atoms with Gasteiger partial charge < -0.3 is 14.5 Å². The normalized spacial score (nSPS) is 11.1. The molecule has 5 aromatic rings. The number of fused-ring (bicyclic) bond motifs is 2. The van der Waals surface area contributed by atoms with Crippen LogP contribution in [0.3, 0.4) is 0 Å². The molecule has 158 valence electrons. The maximum Gasteiger partial charge on any atom is 0.262 e. The summed E-state index contributed by atoms with van der Waals surface area (Å²) in [5, 5.41) is 5.06. The number of carbonyl (C=O) groups excluding carboxylic acids is 1. The zero-order valence-electron chi connectivity index (χ0n) is 17.9. The Bertz CT molecular complexity index is 1450. The van der Waals surface area contributed by atoms with Crippen molar-refractivity contribution in [2.75, 3.05) is 11.9 Å². The number of nitrogens with zero attached hydrogens (tertiary/aromatic N) is 1. The lowest BCUT2D eigenvalue weighted by Crippen LogP contribution is -2.20. The maximum absolute atomic E-state index is 12.4. The number of carbonyl (C=O) groups is 1. The number of nitrogens with one attached hydrogen (secondary N) is 1. The van der Waals surface area contributed by atoms with Gasteiger partial charge in [0.1, 0.15) is 11.3 Å². The second-order valence-electron chi connectivity index (χ2n) is 7.87. The van der Waals surface area contributed by atoms with Crippen LogP contribution in [0.1, 0.15) is 11.1 Å². The highest BCUT2D eigenvalue weighted by Crippen LogP contribution is 2.29. The van der Waals surface area contributed by atoms with Crippen molar-refractivity contribution in [3.8, 4) is 17.2 Å². The summed E-state index contributed by atoms with van der Waals surface area (Å²) in [6.07, 6.45) is 0. The minimum absolute atomic E-state index is 0.0804. The van der Waals surface area contributed by atoms with E-state index in [1.54, 1.807) is 12.1 Å². The lowest BCUT2D eigenvalue weighted by Gasteiger charge is -2.08. The van der Waals surface area contributed by atoms with Gasteiger partial charge in [-0.3, -0.25) is 4.79 Å². The second kappa shape index (κ2) is 8.19. The van der Waals surface area contributed by atoms with E-state index >= 15 is 0 Å². The number of amides is 1. The number of ether oxygens (including phenoxy) is 1. The van der Waals surface area contributed by atoms with Gasteiger partial charge in [0, 0.05) is 11.3 Å². The second-order valence-corrected chi connectivity index (χ2v) is 7.87. The first-order chi connectivity index (χ1) is 15.5. The van der Waals surface area contributed by atoms with Crippen LogP contribution in [0.4, 0.5) is 5.69 Å². The SMILES string of the molecule is Cc1ccc(-c2nc3cc(NC(=O)COc4ccc5ccccc5c4)ccc3o2)c(C)c1. The van der Waals surface area contributed by atoms with E-state index in [-0.39, 0.29) is 12.5 Å². The molecular formula is C27H22N2O3. The maximum atomic E-state index is 12.4. The molecular weight excluding hydrogens is 400 g/mol. The van der Waals surface area contributed by atoms with E-state index in [2.05, 4.69) is 23.3 Å². The smallest absolute Gasteiger partial charge is 0.262 e. The molecule has 0 unspecified atom stereocenters. The molecule has 0 saturated carbocycles. The quantitative estimate of drug-likeness (QED) is 0.362. The molecule has 4 aromatic carbocycles. The number of aryl methyl sites for hydroxylation is 2. The highest BCUT2D eigenvalue weighted by atomic mass is 16.5. The van der Waals surface area contributed by atoms with Gasteiger partial charge in [-0.1, -0.05) is 48.0 Å². The third kappa shape index (κ3) is 4.05. The number of anilines is 1. The highest BCUT2D eigenvalue weighted by molar-refractivity contribution is 5.94. The number of oxazole rings is 1. The first-order valence-electron chi connectivity index (χ1n) is 10.4. The van der Waals surface area contributed by atoms with Gasteiger partial charge in [-0.05, 0) is 66.6 Å². The molecule has 1 amide bonds. The molecule has 0 spiro atoms. The van der Waals surface area contributed by atoms with Crippen molar-refractivity contribution in [3.05, 3.63) is 90.0 Å².